The van der Waals surface area contributed by atoms with Crippen LogP contribution in [0.15, 0.2) is 188 Å². The average molecular weight is 654 g/mol. The molecule has 0 amide bonds. The average Bonchev–Trinajstić information content (AvgIpc) is 3.75. The zero-order chi connectivity index (χ0) is 33.0. The number of thiophene rings is 1. The van der Waals surface area contributed by atoms with Gasteiger partial charge in [0.2, 0.25) is 0 Å². The zero-order valence-corrected chi connectivity index (χ0v) is 28.1. The molecule has 0 aliphatic heterocycles. The van der Waals surface area contributed by atoms with Crippen molar-refractivity contribution in [1.29, 1.82) is 0 Å². The summed E-state index contributed by atoms with van der Waals surface area (Å²) in [6, 6.07) is 68.6. The first-order valence-electron chi connectivity index (χ1n) is 17.1. The molecule has 0 aliphatic carbocycles. The summed E-state index contributed by atoms with van der Waals surface area (Å²) in [6.07, 6.45) is 0. The summed E-state index contributed by atoms with van der Waals surface area (Å²) in [5.41, 5.74) is 13.4. The molecule has 2 heteroatoms. The van der Waals surface area contributed by atoms with E-state index < -0.39 is 0 Å². The van der Waals surface area contributed by atoms with Crippen LogP contribution in [-0.4, -0.2) is 4.57 Å². The second kappa shape index (κ2) is 11.7. The van der Waals surface area contributed by atoms with E-state index in [0.717, 1.165) is 0 Å². The quantitative estimate of drug-likeness (QED) is 0.174. The number of hydrogen-bond acceptors (Lipinski definition) is 1. The molecule has 2 heterocycles. The standard InChI is InChI=1S/C48H31NS/c1-5-18-32(19-6-1)42-43(33-20-7-2-8-21-33)45(35-24-11-4-12-25-35)47-46(44(42)34-22-9-3-10-23-34)38-27-13-15-29-39(38)49(47)40-30-17-28-37-36-26-14-16-31-41(36)50-48(37)40/h1-31H. The Morgan fingerprint density at radius 3 is 1.42 bits per heavy atom. The lowest BCUT2D eigenvalue weighted by molar-refractivity contribution is 1.20. The number of aromatic nitrogens is 1. The minimum Gasteiger partial charge on any atom is -0.307 e. The molecule has 10 rings (SSSR count). The molecule has 1 nitrogen and oxygen atoms in total. The molecule has 0 saturated heterocycles. The van der Waals surface area contributed by atoms with Crippen molar-refractivity contribution in [1.82, 2.24) is 4.57 Å². The third kappa shape index (κ3) is 4.39. The van der Waals surface area contributed by atoms with Crippen molar-refractivity contribution in [2.24, 2.45) is 0 Å². The maximum absolute atomic E-state index is 2.57. The minimum absolute atomic E-state index is 1.20. The molecule has 0 atom stereocenters. The topological polar surface area (TPSA) is 4.93 Å². The first-order valence-corrected chi connectivity index (χ1v) is 17.9. The summed E-state index contributed by atoms with van der Waals surface area (Å²) in [5.74, 6) is 0. The maximum Gasteiger partial charge on any atom is 0.0641 e. The van der Waals surface area contributed by atoms with Gasteiger partial charge in [-0.15, -0.1) is 11.3 Å². The van der Waals surface area contributed by atoms with E-state index in [9.17, 15) is 0 Å². The third-order valence-electron chi connectivity index (χ3n) is 9.99. The van der Waals surface area contributed by atoms with Crippen LogP contribution in [0.4, 0.5) is 0 Å². The first kappa shape index (κ1) is 28.8. The van der Waals surface area contributed by atoms with Crippen molar-refractivity contribution in [3.05, 3.63) is 188 Å². The monoisotopic (exact) mass is 653 g/mol. The Kier molecular flexibility index (Phi) is 6.75. The smallest absolute Gasteiger partial charge is 0.0641 e. The van der Waals surface area contributed by atoms with Crippen LogP contribution in [0.1, 0.15) is 0 Å². The normalized spacial score (nSPS) is 11.6. The molecule has 0 spiro atoms. The molecule has 0 radical (unpaired) electrons. The highest BCUT2D eigenvalue weighted by atomic mass is 32.1. The van der Waals surface area contributed by atoms with E-state index in [1.807, 2.05) is 11.3 Å². The van der Waals surface area contributed by atoms with Crippen LogP contribution in [0.25, 0.3) is 92.2 Å². The molecule has 234 valence electrons. The van der Waals surface area contributed by atoms with Gasteiger partial charge in [0, 0.05) is 42.9 Å². The lowest BCUT2D eigenvalue weighted by Gasteiger charge is -2.24. The van der Waals surface area contributed by atoms with Crippen LogP contribution in [0.3, 0.4) is 0 Å². The molecule has 0 bridgehead atoms. The predicted octanol–water partition coefficient (Wildman–Crippen LogP) is 13.8. The summed E-state index contributed by atoms with van der Waals surface area (Å²) in [6.45, 7) is 0. The Bertz CT molecular complexity index is 2830. The van der Waals surface area contributed by atoms with Crippen LogP contribution in [-0.2, 0) is 0 Å². The first-order chi connectivity index (χ1) is 24.9. The van der Waals surface area contributed by atoms with Crippen LogP contribution in [0.2, 0.25) is 0 Å². The van der Waals surface area contributed by atoms with Gasteiger partial charge in [0.05, 0.1) is 21.4 Å². The number of hydrogen-bond donors (Lipinski definition) is 0. The van der Waals surface area contributed by atoms with Gasteiger partial charge in [-0.2, -0.15) is 0 Å². The minimum atomic E-state index is 1.20. The Morgan fingerprint density at radius 2 is 0.800 bits per heavy atom. The summed E-state index contributed by atoms with van der Waals surface area (Å²) >= 11 is 1.89. The van der Waals surface area contributed by atoms with E-state index in [0.29, 0.717) is 0 Å². The molecule has 0 aliphatic rings. The molecule has 0 N–H and O–H groups in total. The van der Waals surface area contributed by atoms with Gasteiger partial charge in [-0.1, -0.05) is 170 Å². The van der Waals surface area contributed by atoms with Gasteiger partial charge in [0.25, 0.3) is 0 Å². The molecule has 50 heavy (non-hydrogen) atoms. The Labute approximate surface area is 295 Å². The van der Waals surface area contributed by atoms with Gasteiger partial charge < -0.3 is 4.57 Å². The predicted molar refractivity (Wildman–Crippen MR) is 215 cm³/mol. The van der Waals surface area contributed by atoms with Gasteiger partial charge in [-0.3, -0.25) is 0 Å². The van der Waals surface area contributed by atoms with Gasteiger partial charge in [-0.25, -0.2) is 0 Å². The molecule has 0 unspecified atom stereocenters. The molecule has 0 saturated carbocycles. The van der Waals surface area contributed by atoms with Gasteiger partial charge in [0.1, 0.15) is 0 Å². The van der Waals surface area contributed by atoms with Gasteiger partial charge in [0.15, 0.2) is 0 Å². The molecular formula is C48H31NS. The van der Waals surface area contributed by atoms with E-state index in [1.54, 1.807) is 0 Å². The van der Waals surface area contributed by atoms with Crippen molar-refractivity contribution in [3.8, 4) is 50.2 Å². The van der Waals surface area contributed by atoms with Crippen LogP contribution in [0, 0.1) is 0 Å². The fourth-order valence-electron chi connectivity index (χ4n) is 7.95. The molecule has 8 aromatic carbocycles. The highest BCUT2D eigenvalue weighted by molar-refractivity contribution is 7.26. The van der Waals surface area contributed by atoms with Crippen molar-refractivity contribution in [3.63, 3.8) is 0 Å². The van der Waals surface area contributed by atoms with E-state index in [-0.39, 0.29) is 0 Å². The van der Waals surface area contributed by atoms with E-state index in [2.05, 4.69) is 193 Å². The van der Waals surface area contributed by atoms with Gasteiger partial charge >= 0.3 is 0 Å². The number of para-hydroxylation sites is 1. The van der Waals surface area contributed by atoms with Crippen molar-refractivity contribution in [2.75, 3.05) is 0 Å². The van der Waals surface area contributed by atoms with Crippen LogP contribution in [0.5, 0.6) is 0 Å². The van der Waals surface area contributed by atoms with Crippen LogP contribution < -0.4 is 0 Å². The maximum atomic E-state index is 2.57. The van der Waals surface area contributed by atoms with Crippen molar-refractivity contribution in [2.45, 2.75) is 0 Å². The summed E-state index contributed by atoms with van der Waals surface area (Å²) < 4.78 is 5.17. The second-order valence-corrected chi connectivity index (χ2v) is 13.8. The lowest BCUT2D eigenvalue weighted by Crippen LogP contribution is -2.01. The zero-order valence-electron chi connectivity index (χ0n) is 27.3. The number of fused-ring (bicyclic) bond motifs is 6. The highest BCUT2D eigenvalue weighted by Crippen LogP contribution is 2.54. The Hall–Kier alpha value is -6.22. The fourth-order valence-corrected chi connectivity index (χ4v) is 9.15. The lowest BCUT2D eigenvalue weighted by atomic mass is 9.80. The van der Waals surface area contributed by atoms with Crippen LogP contribution >= 0.6 is 11.3 Å². The van der Waals surface area contributed by atoms with E-state index >= 15 is 0 Å². The SMILES string of the molecule is c1ccc(-c2c(-c3ccccc3)c(-c3ccccc3)c3c(c2-c2ccccc2)c2ccccc2n3-c2cccc3c2sc2ccccc23)cc1. The van der Waals surface area contributed by atoms with E-state index in [1.165, 1.54) is 92.2 Å². The number of rotatable bonds is 5. The largest absolute Gasteiger partial charge is 0.307 e. The summed E-state index contributed by atoms with van der Waals surface area (Å²) in [4.78, 5) is 0. The fraction of sp³-hybridized carbons (Fsp3) is 0. The third-order valence-corrected chi connectivity index (χ3v) is 11.2. The molecular weight excluding hydrogens is 623 g/mol. The Morgan fingerprint density at radius 1 is 0.340 bits per heavy atom. The molecule has 0 fully saturated rings. The highest BCUT2D eigenvalue weighted by Gasteiger charge is 2.29. The number of benzene rings is 8. The summed E-state index contributed by atoms with van der Waals surface area (Å²) in [7, 11) is 0. The Balaban J connectivity index is 1.53. The van der Waals surface area contributed by atoms with Crippen molar-refractivity contribution >= 4 is 53.3 Å². The van der Waals surface area contributed by atoms with E-state index in [4.69, 9.17) is 0 Å². The van der Waals surface area contributed by atoms with Crippen molar-refractivity contribution < 1.29 is 0 Å². The molecule has 10 aromatic rings. The summed E-state index contributed by atoms with van der Waals surface area (Å²) in [5, 5.41) is 5.11. The molecule has 2 aromatic heterocycles. The number of nitrogens with zero attached hydrogens (tertiary/aromatic N) is 1. The van der Waals surface area contributed by atoms with Gasteiger partial charge in [-0.05, 0) is 46.0 Å². The second-order valence-electron chi connectivity index (χ2n) is 12.8.